The zero-order valence-electron chi connectivity index (χ0n) is 13.6. The van der Waals surface area contributed by atoms with E-state index in [4.69, 9.17) is 4.74 Å². The Morgan fingerprint density at radius 2 is 2.04 bits per heavy atom. The number of aliphatic hydroxyl groups excluding tert-OH is 1. The Bertz CT molecular complexity index is 650. The van der Waals surface area contributed by atoms with Gasteiger partial charge < -0.3 is 15.2 Å². The van der Waals surface area contributed by atoms with Gasteiger partial charge in [0.2, 0.25) is 5.91 Å². The molecule has 1 amide bonds. The van der Waals surface area contributed by atoms with Gasteiger partial charge in [-0.1, -0.05) is 0 Å². The Morgan fingerprint density at radius 1 is 1.35 bits per heavy atom. The summed E-state index contributed by atoms with van der Waals surface area (Å²) in [5.41, 5.74) is 1.11. The highest BCUT2D eigenvalue weighted by Gasteiger charge is 2.19. The molecule has 0 atom stereocenters. The zero-order chi connectivity index (χ0) is 16.9. The number of rotatable bonds is 7. The monoisotopic (exact) mass is 334 g/mol. The van der Waals surface area contributed by atoms with Crippen molar-refractivity contribution in [3.05, 3.63) is 35.3 Å². The van der Waals surface area contributed by atoms with Gasteiger partial charge in [0.1, 0.15) is 10.8 Å². The van der Waals surface area contributed by atoms with E-state index in [2.05, 4.69) is 10.3 Å². The van der Waals surface area contributed by atoms with E-state index in [-0.39, 0.29) is 18.9 Å². The van der Waals surface area contributed by atoms with Gasteiger partial charge in [0.05, 0.1) is 30.9 Å². The van der Waals surface area contributed by atoms with E-state index in [0.29, 0.717) is 6.61 Å². The van der Waals surface area contributed by atoms with Crippen LogP contribution in [0.1, 0.15) is 26.5 Å². The first kappa shape index (κ1) is 17.4. The molecule has 23 heavy (non-hydrogen) atoms. The van der Waals surface area contributed by atoms with Gasteiger partial charge in [-0.2, -0.15) is 0 Å². The summed E-state index contributed by atoms with van der Waals surface area (Å²) in [5, 5.41) is 14.7. The number of hydrogen-bond acceptors (Lipinski definition) is 5. The van der Waals surface area contributed by atoms with Gasteiger partial charge >= 0.3 is 0 Å². The molecule has 2 rings (SSSR count). The molecule has 0 aliphatic rings. The lowest BCUT2D eigenvalue weighted by molar-refractivity contribution is -0.122. The van der Waals surface area contributed by atoms with Crippen LogP contribution in [-0.4, -0.2) is 34.8 Å². The molecule has 0 fully saturated rings. The van der Waals surface area contributed by atoms with Gasteiger partial charge in [-0.25, -0.2) is 4.98 Å². The SMILES string of the molecule is CCOc1ccc(-c2nc(CC(=O)NC(C)(C)CO)cs2)cc1. The summed E-state index contributed by atoms with van der Waals surface area (Å²) in [7, 11) is 0. The maximum atomic E-state index is 12.0. The van der Waals surface area contributed by atoms with Crippen LogP contribution in [0.3, 0.4) is 0 Å². The third-order valence-electron chi connectivity index (χ3n) is 3.18. The van der Waals surface area contributed by atoms with Crippen molar-refractivity contribution in [3.8, 4) is 16.3 Å². The molecule has 0 unspecified atom stereocenters. The van der Waals surface area contributed by atoms with Crippen LogP contribution < -0.4 is 10.1 Å². The third-order valence-corrected chi connectivity index (χ3v) is 4.12. The maximum Gasteiger partial charge on any atom is 0.226 e. The fourth-order valence-electron chi connectivity index (χ4n) is 2.01. The van der Waals surface area contributed by atoms with E-state index in [1.807, 2.05) is 36.6 Å². The lowest BCUT2D eigenvalue weighted by Gasteiger charge is -2.23. The molecule has 6 heteroatoms. The Hall–Kier alpha value is -1.92. The Labute approximate surface area is 140 Å². The van der Waals surface area contributed by atoms with E-state index < -0.39 is 5.54 Å². The average molecular weight is 334 g/mol. The summed E-state index contributed by atoms with van der Waals surface area (Å²) >= 11 is 1.51. The molecule has 0 bridgehead atoms. The Morgan fingerprint density at radius 3 is 2.65 bits per heavy atom. The highest BCUT2D eigenvalue weighted by molar-refractivity contribution is 7.13. The van der Waals surface area contributed by atoms with Gasteiger partial charge in [-0.3, -0.25) is 4.79 Å². The minimum Gasteiger partial charge on any atom is -0.494 e. The first-order valence-corrected chi connectivity index (χ1v) is 8.41. The molecule has 0 saturated carbocycles. The van der Waals surface area contributed by atoms with Crippen LogP contribution in [0.2, 0.25) is 0 Å². The first-order valence-electron chi connectivity index (χ1n) is 7.53. The lowest BCUT2D eigenvalue weighted by Crippen LogP contribution is -2.46. The lowest BCUT2D eigenvalue weighted by atomic mass is 10.1. The van der Waals surface area contributed by atoms with Crippen LogP contribution in [0.15, 0.2) is 29.6 Å². The molecule has 1 aromatic heterocycles. The maximum absolute atomic E-state index is 12.0. The number of benzene rings is 1. The molecule has 0 radical (unpaired) electrons. The van der Waals surface area contributed by atoms with Crippen LogP contribution in [0.5, 0.6) is 5.75 Å². The molecular weight excluding hydrogens is 312 g/mol. The van der Waals surface area contributed by atoms with Crippen molar-refractivity contribution < 1.29 is 14.6 Å². The Kier molecular flexibility index (Phi) is 5.74. The summed E-state index contributed by atoms with van der Waals surface area (Å²) in [6.07, 6.45) is 0.205. The van der Waals surface area contributed by atoms with Gasteiger partial charge in [-0.15, -0.1) is 11.3 Å². The number of aliphatic hydroxyl groups is 1. The minimum atomic E-state index is -0.620. The predicted octanol–water partition coefficient (Wildman–Crippen LogP) is 2.64. The molecular formula is C17H22N2O3S. The molecule has 2 aromatic rings. The van der Waals surface area contributed by atoms with Crippen molar-refractivity contribution in [2.45, 2.75) is 32.7 Å². The molecule has 1 heterocycles. The van der Waals surface area contributed by atoms with Gasteiger partial charge in [0.15, 0.2) is 0 Å². The number of nitrogens with zero attached hydrogens (tertiary/aromatic N) is 1. The smallest absolute Gasteiger partial charge is 0.226 e. The third kappa shape index (κ3) is 5.04. The number of carbonyl (C=O) groups is 1. The van der Waals surface area contributed by atoms with Crippen molar-refractivity contribution >= 4 is 17.2 Å². The zero-order valence-corrected chi connectivity index (χ0v) is 14.4. The van der Waals surface area contributed by atoms with Crippen molar-refractivity contribution in [2.75, 3.05) is 13.2 Å². The molecule has 0 spiro atoms. The van der Waals surface area contributed by atoms with Crippen LogP contribution in [0.4, 0.5) is 0 Å². The second-order valence-corrected chi connectivity index (χ2v) is 6.73. The summed E-state index contributed by atoms with van der Waals surface area (Å²) in [6, 6.07) is 7.75. The number of thiazole rings is 1. The van der Waals surface area contributed by atoms with Crippen molar-refractivity contribution in [2.24, 2.45) is 0 Å². The average Bonchev–Trinajstić information content (AvgIpc) is 2.96. The van der Waals surface area contributed by atoms with Gasteiger partial charge in [0.25, 0.3) is 0 Å². The largest absolute Gasteiger partial charge is 0.494 e. The van der Waals surface area contributed by atoms with E-state index in [1.54, 1.807) is 13.8 Å². The quantitative estimate of drug-likeness (QED) is 0.816. The number of carbonyl (C=O) groups excluding carboxylic acids is 1. The normalized spacial score (nSPS) is 11.3. The molecule has 5 nitrogen and oxygen atoms in total. The molecule has 1 aromatic carbocycles. The van der Waals surface area contributed by atoms with Crippen LogP contribution in [-0.2, 0) is 11.2 Å². The van der Waals surface area contributed by atoms with Gasteiger partial charge in [0, 0.05) is 10.9 Å². The second kappa shape index (κ2) is 7.57. The minimum absolute atomic E-state index is 0.104. The van der Waals surface area contributed by atoms with Crippen molar-refractivity contribution in [3.63, 3.8) is 0 Å². The predicted molar refractivity (Wildman–Crippen MR) is 91.7 cm³/mol. The van der Waals surface area contributed by atoms with E-state index in [0.717, 1.165) is 22.0 Å². The highest BCUT2D eigenvalue weighted by atomic mass is 32.1. The number of ether oxygens (including phenoxy) is 1. The number of amides is 1. The molecule has 0 aliphatic heterocycles. The Balaban J connectivity index is 2.01. The van der Waals surface area contributed by atoms with E-state index in [1.165, 1.54) is 11.3 Å². The number of nitrogens with one attached hydrogen (secondary N) is 1. The summed E-state index contributed by atoms with van der Waals surface area (Å²) in [4.78, 5) is 16.5. The van der Waals surface area contributed by atoms with E-state index >= 15 is 0 Å². The fourth-order valence-corrected chi connectivity index (χ4v) is 2.83. The standard InChI is InChI=1S/C17H22N2O3S/c1-4-22-14-7-5-12(6-8-14)16-18-13(10-23-16)9-15(21)19-17(2,3)11-20/h5-8,10,20H,4,9,11H2,1-3H3,(H,19,21). The van der Waals surface area contributed by atoms with Gasteiger partial charge in [-0.05, 0) is 45.0 Å². The molecule has 0 aliphatic carbocycles. The summed E-state index contributed by atoms with van der Waals surface area (Å²) in [5.74, 6) is 0.686. The summed E-state index contributed by atoms with van der Waals surface area (Å²) in [6.45, 7) is 6.03. The molecule has 2 N–H and O–H groups in total. The van der Waals surface area contributed by atoms with Crippen LogP contribution in [0.25, 0.3) is 10.6 Å². The molecule has 124 valence electrons. The van der Waals surface area contributed by atoms with Crippen molar-refractivity contribution in [1.29, 1.82) is 0 Å². The molecule has 0 saturated heterocycles. The first-order chi connectivity index (χ1) is 10.9. The topological polar surface area (TPSA) is 71.5 Å². The van der Waals surface area contributed by atoms with E-state index in [9.17, 15) is 9.90 Å². The van der Waals surface area contributed by atoms with Crippen molar-refractivity contribution in [1.82, 2.24) is 10.3 Å². The summed E-state index contributed by atoms with van der Waals surface area (Å²) < 4.78 is 5.42. The number of hydrogen-bond donors (Lipinski definition) is 2. The van der Waals surface area contributed by atoms with Crippen LogP contribution >= 0.6 is 11.3 Å². The fraction of sp³-hybridized carbons (Fsp3) is 0.412. The number of aromatic nitrogens is 1. The highest BCUT2D eigenvalue weighted by Crippen LogP contribution is 2.26. The second-order valence-electron chi connectivity index (χ2n) is 5.87. The van der Waals surface area contributed by atoms with Crippen LogP contribution in [0, 0.1) is 0 Å².